The molecular weight excluding hydrogens is 206 g/mol. The SMILES string of the molecule is Cc1c(C(=O)O)n[c]nc1C1CC12CNC2. The number of aromatic carboxylic acids is 1. The first-order valence-corrected chi connectivity index (χ1v) is 5.33. The van der Waals surface area contributed by atoms with Gasteiger partial charge in [0.1, 0.15) is 0 Å². The van der Waals surface area contributed by atoms with Gasteiger partial charge in [0.15, 0.2) is 12.0 Å². The molecule has 2 heterocycles. The molecule has 1 saturated heterocycles. The zero-order valence-electron chi connectivity index (χ0n) is 8.95. The van der Waals surface area contributed by atoms with Crippen LogP contribution in [-0.4, -0.2) is 34.1 Å². The van der Waals surface area contributed by atoms with Crippen molar-refractivity contribution < 1.29 is 9.90 Å². The quantitative estimate of drug-likeness (QED) is 0.749. The van der Waals surface area contributed by atoms with Gasteiger partial charge in [-0.05, 0) is 13.3 Å². The molecule has 0 aromatic carbocycles. The predicted molar refractivity (Wildman–Crippen MR) is 55.2 cm³/mol. The van der Waals surface area contributed by atoms with E-state index in [1.54, 1.807) is 6.92 Å². The second-order valence-corrected chi connectivity index (χ2v) is 4.71. The van der Waals surface area contributed by atoms with Gasteiger partial charge in [-0.1, -0.05) is 0 Å². The maximum atomic E-state index is 10.9. The van der Waals surface area contributed by atoms with Crippen LogP contribution in [0.3, 0.4) is 0 Å². The van der Waals surface area contributed by atoms with Gasteiger partial charge < -0.3 is 10.4 Å². The molecule has 0 amide bonds. The predicted octanol–water partition coefficient (Wildman–Crippen LogP) is 0.360. The highest BCUT2D eigenvalue weighted by molar-refractivity contribution is 5.87. The lowest BCUT2D eigenvalue weighted by Crippen LogP contribution is -2.45. The third kappa shape index (κ3) is 1.18. The molecular formula is C11H12N3O2. The zero-order valence-corrected chi connectivity index (χ0v) is 8.95. The van der Waals surface area contributed by atoms with Gasteiger partial charge in [0.2, 0.25) is 0 Å². The first-order valence-electron chi connectivity index (χ1n) is 5.33. The fourth-order valence-electron chi connectivity index (χ4n) is 2.54. The number of hydrogen-bond donors (Lipinski definition) is 2. The Labute approximate surface area is 92.9 Å². The van der Waals surface area contributed by atoms with Crippen molar-refractivity contribution >= 4 is 5.97 Å². The van der Waals surface area contributed by atoms with E-state index in [1.165, 1.54) is 0 Å². The van der Waals surface area contributed by atoms with Gasteiger partial charge >= 0.3 is 5.97 Å². The monoisotopic (exact) mass is 218 g/mol. The minimum absolute atomic E-state index is 0.0827. The molecule has 1 saturated carbocycles. The first-order chi connectivity index (χ1) is 7.64. The number of rotatable bonds is 2. The van der Waals surface area contributed by atoms with Gasteiger partial charge in [-0.2, -0.15) is 0 Å². The molecule has 16 heavy (non-hydrogen) atoms. The largest absolute Gasteiger partial charge is 0.477 e. The number of carboxylic acid groups (broad SMARTS) is 1. The van der Waals surface area contributed by atoms with Crippen LogP contribution in [0.1, 0.15) is 34.1 Å². The molecule has 1 aromatic heterocycles. The molecule has 83 valence electrons. The van der Waals surface area contributed by atoms with Crippen LogP contribution in [0.5, 0.6) is 0 Å². The van der Waals surface area contributed by atoms with Crippen LogP contribution in [0.2, 0.25) is 0 Å². The number of nitrogens with one attached hydrogen (secondary N) is 1. The Balaban J connectivity index is 1.96. The average Bonchev–Trinajstić information content (AvgIpc) is 2.92. The van der Waals surface area contributed by atoms with E-state index < -0.39 is 5.97 Å². The van der Waals surface area contributed by atoms with Crippen LogP contribution in [0.4, 0.5) is 0 Å². The van der Waals surface area contributed by atoms with E-state index in [0.29, 0.717) is 16.9 Å². The average molecular weight is 218 g/mol. The van der Waals surface area contributed by atoms with E-state index >= 15 is 0 Å². The molecule has 2 N–H and O–H groups in total. The molecule has 1 atom stereocenters. The Morgan fingerprint density at radius 1 is 1.56 bits per heavy atom. The Bertz CT molecular complexity index is 468. The summed E-state index contributed by atoms with van der Waals surface area (Å²) in [5, 5.41) is 12.2. The summed E-state index contributed by atoms with van der Waals surface area (Å²) in [7, 11) is 0. The van der Waals surface area contributed by atoms with Crippen LogP contribution >= 0.6 is 0 Å². The fraction of sp³-hybridized carbons (Fsp3) is 0.545. The van der Waals surface area contributed by atoms with Crippen LogP contribution in [0, 0.1) is 18.7 Å². The van der Waals surface area contributed by atoms with Crippen molar-refractivity contribution in [3.8, 4) is 0 Å². The van der Waals surface area contributed by atoms with E-state index in [1.807, 2.05) is 0 Å². The fourth-order valence-corrected chi connectivity index (χ4v) is 2.54. The molecule has 3 rings (SSSR count). The van der Waals surface area contributed by atoms with E-state index in [2.05, 4.69) is 21.6 Å². The van der Waals surface area contributed by atoms with Gasteiger partial charge in [0.25, 0.3) is 0 Å². The van der Waals surface area contributed by atoms with Gasteiger partial charge in [0.05, 0.1) is 5.69 Å². The van der Waals surface area contributed by atoms with Crippen LogP contribution in [0.25, 0.3) is 0 Å². The summed E-state index contributed by atoms with van der Waals surface area (Å²) in [6.45, 7) is 3.82. The molecule has 5 nitrogen and oxygen atoms in total. The van der Waals surface area contributed by atoms with Crippen LogP contribution < -0.4 is 5.32 Å². The second-order valence-electron chi connectivity index (χ2n) is 4.71. The van der Waals surface area contributed by atoms with E-state index in [0.717, 1.165) is 25.2 Å². The summed E-state index contributed by atoms with van der Waals surface area (Å²) in [5.41, 5.74) is 2.00. The first kappa shape index (κ1) is 9.72. The topological polar surface area (TPSA) is 75.1 Å². The van der Waals surface area contributed by atoms with E-state index in [4.69, 9.17) is 5.11 Å². The molecule has 5 heteroatoms. The van der Waals surface area contributed by atoms with Crippen LogP contribution in [-0.2, 0) is 0 Å². The van der Waals surface area contributed by atoms with Crippen molar-refractivity contribution in [3.63, 3.8) is 0 Å². The summed E-state index contributed by atoms with van der Waals surface area (Å²) in [5.74, 6) is -0.607. The lowest BCUT2D eigenvalue weighted by molar-refractivity contribution is 0.0689. The lowest BCUT2D eigenvalue weighted by atomic mass is 9.94. The highest BCUT2D eigenvalue weighted by Crippen LogP contribution is 2.61. The Morgan fingerprint density at radius 2 is 2.31 bits per heavy atom. The van der Waals surface area contributed by atoms with Gasteiger partial charge in [0, 0.05) is 30.0 Å². The summed E-state index contributed by atoms with van der Waals surface area (Å²) in [4.78, 5) is 18.8. The van der Waals surface area contributed by atoms with E-state index in [-0.39, 0.29) is 5.69 Å². The Kier molecular flexibility index (Phi) is 1.83. The highest BCUT2D eigenvalue weighted by Gasteiger charge is 2.59. The Morgan fingerprint density at radius 3 is 2.81 bits per heavy atom. The maximum absolute atomic E-state index is 10.9. The number of carbonyl (C=O) groups is 1. The van der Waals surface area contributed by atoms with Crippen molar-refractivity contribution in [1.29, 1.82) is 0 Å². The molecule has 1 unspecified atom stereocenters. The molecule has 2 fully saturated rings. The summed E-state index contributed by atoms with van der Waals surface area (Å²) in [6.07, 6.45) is 3.56. The normalized spacial score (nSPS) is 25.2. The molecule has 0 bridgehead atoms. The Hall–Kier alpha value is -1.49. The minimum Gasteiger partial charge on any atom is -0.477 e. The lowest BCUT2D eigenvalue weighted by Gasteiger charge is -2.28. The molecule has 1 aromatic rings. The smallest absolute Gasteiger partial charge is 0.354 e. The second kappa shape index (κ2) is 3.01. The molecule has 1 spiro atoms. The molecule has 1 aliphatic heterocycles. The van der Waals surface area contributed by atoms with Crippen molar-refractivity contribution in [2.75, 3.05) is 13.1 Å². The van der Waals surface area contributed by atoms with E-state index in [9.17, 15) is 4.79 Å². The van der Waals surface area contributed by atoms with Gasteiger partial charge in [-0.3, -0.25) is 0 Å². The van der Waals surface area contributed by atoms with Crippen molar-refractivity contribution in [3.05, 3.63) is 23.3 Å². The van der Waals surface area contributed by atoms with Crippen LogP contribution in [0.15, 0.2) is 0 Å². The van der Waals surface area contributed by atoms with Crippen molar-refractivity contribution in [2.45, 2.75) is 19.3 Å². The van der Waals surface area contributed by atoms with Crippen molar-refractivity contribution in [2.24, 2.45) is 5.41 Å². The van der Waals surface area contributed by atoms with Crippen molar-refractivity contribution in [1.82, 2.24) is 15.3 Å². The molecule has 2 aliphatic rings. The molecule has 1 radical (unpaired) electrons. The molecule has 1 aliphatic carbocycles. The standard InChI is InChI=1S/C11H12N3O2/c1-6-8(7-2-11(7)3-12-4-11)13-5-14-9(6)10(15)16/h7,12H,2-4H2,1H3,(H,15,16). The third-order valence-electron chi connectivity index (χ3n) is 3.75. The number of nitrogens with zero attached hydrogens (tertiary/aromatic N) is 2. The zero-order chi connectivity index (χ0) is 11.3. The minimum atomic E-state index is -1.00. The number of aromatic nitrogens is 2. The van der Waals surface area contributed by atoms with Gasteiger partial charge in [-0.15, -0.1) is 0 Å². The number of carboxylic acids is 1. The summed E-state index contributed by atoms with van der Waals surface area (Å²) >= 11 is 0. The maximum Gasteiger partial charge on any atom is 0.354 e. The highest BCUT2D eigenvalue weighted by atomic mass is 16.4. The third-order valence-corrected chi connectivity index (χ3v) is 3.75. The van der Waals surface area contributed by atoms with Gasteiger partial charge in [-0.25, -0.2) is 14.8 Å². The summed E-state index contributed by atoms with van der Waals surface area (Å²) in [6, 6.07) is 0. The summed E-state index contributed by atoms with van der Waals surface area (Å²) < 4.78 is 0. The number of hydrogen-bond acceptors (Lipinski definition) is 4.